The lowest BCUT2D eigenvalue weighted by Gasteiger charge is -2.53. The molecule has 1 spiro atoms. The number of likely N-dealkylation sites (tertiary alicyclic amines) is 2. The molecular weight excluding hydrogens is 1040 g/mol. The summed E-state index contributed by atoms with van der Waals surface area (Å²) >= 11 is 1.32. The number of cyclic esters (lactones) is 1. The molecule has 3 aromatic heterocycles. The van der Waals surface area contributed by atoms with Crippen molar-refractivity contribution in [1.82, 2.24) is 54.3 Å². The number of nitrogens with one attached hydrogen (secondary N) is 2. The standard InChI is InChI=1S/C62H84N12O6S/c1-7-73-48-17-14-39-28-44(48)46(54(73)45-29-43(32-63-50(45)36(2)79-6)70-24-22-69(23-25-70)41-15-16-41)31-61(3,4)35-80-60(78)51-40-26-42(27-40)74(66-51)58(76)47(30-49-65-57(39)81-67-49)64-56(75)53(37-10-8-9-11-37)71-20-18-62(33-71)19-21-72(34-62)59(77)55-52(68(55)5)38-12-13-38/h14,17,28-29,32,36-38,40-42,47,51-53,55,66H,7-13,15-16,18-27,30-31,33-35H2,1-6H3,(H,64,75)/t36-,40?,42?,47-,51-,52+,53-,55+,62-,68?/m0/s1. The number of carbonyl (C=O) groups is 4. The number of methoxy groups -OCH3 is 1. The molecule has 7 aliphatic heterocycles. The van der Waals surface area contributed by atoms with E-state index in [0.29, 0.717) is 43.6 Å². The van der Waals surface area contributed by atoms with Crippen molar-refractivity contribution in [2.24, 2.45) is 28.6 Å². The Kier molecular flexibility index (Phi) is 13.9. The first-order valence-electron chi connectivity index (χ1n) is 31.0. The predicted molar refractivity (Wildman–Crippen MR) is 310 cm³/mol. The number of nitrogens with zero attached hydrogens (tertiary/aromatic N) is 10. The van der Waals surface area contributed by atoms with Crippen LogP contribution in [0.4, 0.5) is 5.69 Å². The molecule has 4 saturated carbocycles. The van der Waals surface area contributed by atoms with Crippen LogP contribution in [0.3, 0.4) is 0 Å². The fourth-order valence-corrected chi connectivity index (χ4v) is 16.7. The Bertz CT molecular complexity index is 3100. The molecule has 19 heteroatoms. The van der Waals surface area contributed by atoms with Gasteiger partial charge in [0, 0.05) is 117 Å². The monoisotopic (exact) mass is 1120 g/mol. The number of hydrogen-bond acceptors (Lipinski definition) is 15. The van der Waals surface area contributed by atoms with Crippen LogP contribution in [0.25, 0.3) is 32.7 Å². The number of hydrogen-bond donors (Lipinski definition) is 2. The van der Waals surface area contributed by atoms with Gasteiger partial charge in [-0.05, 0) is 157 Å². The zero-order valence-corrected chi connectivity index (χ0v) is 49.4. The number of pyridine rings is 1. The fraction of sp³-hybridized carbons (Fsp3) is 0.694. The van der Waals surface area contributed by atoms with Gasteiger partial charge in [0.25, 0.3) is 5.91 Å². The lowest BCUT2D eigenvalue weighted by molar-refractivity contribution is -0.171. The number of benzene rings is 1. The molecule has 10 fully saturated rings. The van der Waals surface area contributed by atoms with Gasteiger partial charge in [-0.1, -0.05) is 26.7 Å². The van der Waals surface area contributed by atoms with Crippen molar-refractivity contribution in [3.63, 3.8) is 0 Å². The number of likely N-dealkylation sites (N-methyl/N-ethyl adjacent to an activating group) is 1. The Morgan fingerprint density at radius 2 is 1.73 bits per heavy atom. The molecule has 8 atom stereocenters. The Hall–Kier alpha value is -5.05. The van der Waals surface area contributed by atoms with E-state index in [-0.39, 0.29) is 72.2 Å². The van der Waals surface area contributed by atoms with E-state index in [1.54, 1.807) is 12.1 Å². The van der Waals surface area contributed by atoms with Gasteiger partial charge < -0.3 is 29.2 Å². The van der Waals surface area contributed by atoms with E-state index in [1.807, 2.05) is 6.20 Å². The van der Waals surface area contributed by atoms with Crippen molar-refractivity contribution in [2.45, 2.75) is 173 Å². The van der Waals surface area contributed by atoms with Crippen LogP contribution in [-0.4, -0.2) is 183 Å². The maximum absolute atomic E-state index is 15.3. The average Bonchev–Trinajstić information content (AvgIpc) is 4.50. The van der Waals surface area contributed by atoms with E-state index in [2.05, 4.69) is 98.8 Å². The summed E-state index contributed by atoms with van der Waals surface area (Å²) in [6.45, 7) is 16.5. The lowest BCUT2D eigenvalue weighted by atomic mass is 9.73. The van der Waals surface area contributed by atoms with Crippen molar-refractivity contribution in [3.05, 3.63) is 47.5 Å². The number of hydrazine groups is 1. The molecule has 15 rings (SSSR count). The summed E-state index contributed by atoms with van der Waals surface area (Å²) in [5.74, 6) is 0.841. The van der Waals surface area contributed by atoms with Crippen LogP contribution < -0.4 is 15.6 Å². The van der Waals surface area contributed by atoms with Gasteiger partial charge in [-0.15, -0.1) is 0 Å². The molecule has 11 aliphatic rings. The number of rotatable bonds is 12. The Morgan fingerprint density at radius 3 is 2.47 bits per heavy atom. The second-order valence-corrected chi connectivity index (χ2v) is 27.9. The fourth-order valence-electron chi connectivity index (χ4n) is 16.0. The van der Waals surface area contributed by atoms with Crippen LogP contribution in [0, 0.1) is 28.6 Å². The van der Waals surface area contributed by atoms with E-state index in [4.69, 9.17) is 23.8 Å². The third-order valence-corrected chi connectivity index (χ3v) is 21.9. The van der Waals surface area contributed by atoms with Gasteiger partial charge in [0.2, 0.25) is 11.8 Å². The van der Waals surface area contributed by atoms with E-state index in [9.17, 15) is 9.59 Å². The summed E-state index contributed by atoms with van der Waals surface area (Å²) in [5, 5.41) is 6.83. The number of carbonyl (C=O) groups excluding carboxylic acids is 4. The Morgan fingerprint density at radius 1 is 0.951 bits per heavy atom. The van der Waals surface area contributed by atoms with Crippen LogP contribution in [-0.2, 0) is 48.0 Å². The summed E-state index contributed by atoms with van der Waals surface area (Å²) in [5.41, 5.74) is 10.1. The number of fused-ring (bicyclic) bond motifs is 4. The summed E-state index contributed by atoms with van der Waals surface area (Å²) in [7, 11) is 3.85. The molecule has 0 radical (unpaired) electrons. The average molecular weight is 1130 g/mol. The van der Waals surface area contributed by atoms with E-state index >= 15 is 9.59 Å². The molecule has 6 saturated heterocycles. The normalized spacial score (nSPS) is 31.6. The van der Waals surface area contributed by atoms with Crippen LogP contribution in [0.1, 0.15) is 128 Å². The number of anilines is 1. The number of piperazine rings is 1. The summed E-state index contributed by atoms with van der Waals surface area (Å²) in [4.78, 5) is 81.4. The minimum Gasteiger partial charge on any atom is -0.464 e. The minimum atomic E-state index is -0.987. The van der Waals surface area contributed by atoms with Crippen molar-refractivity contribution in [1.29, 1.82) is 0 Å². The molecule has 8 bridgehead atoms. The van der Waals surface area contributed by atoms with Gasteiger partial charge in [-0.25, -0.2) is 10.4 Å². The topological polar surface area (TPSA) is 174 Å². The van der Waals surface area contributed by atoms with Crippen molar-refractivity contribution < 1.29 is 28.7 Å². The highest BCUT2D eigenvalue weighted by molar-refractivity contribution is 7.09. The van der Waals surface area contributed by atoms with Gasteiger partial charge in [0.05, 0.1) is 42.0 Å². The summed E-state index contributed by atoms with van der Waals surface area (Å²) in [6.07, 6.45) is 14.8. The molecule has 1 unspecified atom stereocenters. The first kappa shape index (κ1) is 53.9. The summed E-state index contributed by atoms with van der Waals surface area (Å²) < 4.78 is 19.8. The minimum absolute atomic E-state index is 0.0199. The molecule has 10 heterocycles. The second kappa shape index (κ2) is 20.9. The maximum Gasteiger partial charge on any atom is 0.325 e. The molecule has 434 valence electrons. The highest BCUT2D eigenvalue weighted by atomic mass is 32.1. The lowest BCUT2D eigenvalue weighted by Crippen LogP contribution is -2.72. The van der Waals surface area contributed by atoms with Crippen molar-refractivity contribution in [2.75, 3.05) is 78.0 Å². The molecule has 81 heavy (non-hydrogen) atoms. The molecule has 18 nitrogen and oxygen atoms in total. The highest BCUT2D eigenvalue weighted by Crippen LogP contribution is 2.49. The third kappa shape index (κ3) is 9.98. The van der Waals surface area contributed by atoms with Gasteiger partial charge in [0.15, 0.2) is 0 Å². The zero-order chi connectivity index (χ0) is 55.6. The van der Waals surface area contributed by atoms with Gasteiger partial charge >= 0.3 is 5.97 Å². The number of ether oxygens (including phenoxy) is 2. The van der Waals surface area contributed by atoms with Crippen LogP contribution in [0.5, 0.6) is 0 Å². The molecular formula is C62H84N12O6S. The number of amides is 3. The molecule has 4 aliphatic carbocycles. The first-order chi connectivity index (χ1) is 39.2. The van der Waals surface area contributed by atoms with E-state index in [0.717, 1.165) is 147 Å². The van der Waals surface area contributed by atoms with Crippen LogP contribution in [0.2, 0.25) is 0 Å². The molecule has 3 amide bonds. The maximum atomic E-state index is 15.3. The second-order valence-electron chi connectivity index (χ2n) is 27.1. The first-order valence-corrected chi connectivity index (χ1v) is 31.8. The molecule has 2 N–H and O–H groups in total. The Labute approximate surface area is 481 Å². The molecule has 4 aromatic rings. The Balaban J connectivity index is 0.789. The smallest absolute Gasteiger partial charge is 0.325 e. The number of aryl methyl sites for hydroxylation is 1. The van der Waals surface area contributed by atoms with Gasteiger partial charge in [0.1, 0.15) is 29.0 Å². The van der Waals surface area contributed by atoms with Crippen LogP contribution in [0.15, 0.2) is 30.5 Å². The predicted octanol–water partition coefficient (Wildman–Crippen LogP) is 6.46. The quantitative estimate of drug-likeness (QED) is 0.117. The van der Waals surface area contributed by atoms with E-state index in [1.165, 1.54) is 37.2 Å². The van der Waals surface area contributed by atoms with Crippen LogP contribution >= 0.6 is 11.5 Å². The highest BCUT2D eigenvalue weighted by Gasteiger charge is 2.59. The SMILES string of the molecule is CCn1c(-c2cc(N3CCN(C4CC4)CC3)cnc2[C@H](C)OC)c2c3cc(ccc31)-c1nc(ns1)C[C@H](NC(=O)[C@H](C1CCCC1)N1CC[C@]3(CCN(C(=O)[C@H]4[C@@H](C5CC5)N4C)C3)C1)C(=O)N1N[C@H](C(=O)OCC(C)(C)C2)C2CC1C2. The zero-order valence-electron chi connectivity index (χ0n) is 48.5. The van der Waals surface area contributed by atoms with Crippen molar-refractivity contribution in [3.8, 4) is 21.8 Å². The summed E-state index contributed by atoms with van der Waals surface area (Å²) in [6, 6.07) is 7.85. The largest absolute Gasteiger partial charge is 0.464 e. The van der Waals surface area contributed by atoms with Gasteiger partial charge in [-0.3, -0.25) is 43.9 Å². The van der Waals surface area contributed by atoms with E-state index < -0.39 is 23.5 Å². The van der Waals surface area contributed by atoms with Crippen molar-refractivity contribution >= 4 is 51.8 Å². The third-order valence-electron chi connectivity index (χ3n) is 21.1. The number of aromatic nitrogens is 4. The van der Waals surface area contributed by atoms with Gasteiger partial charge in [-0.2, -0.15) is 4.37 Å². The number of esters is 1. The molecule has 1 aromatic carbocycles.